The fourth-order valence-corrected chi connectivity index (χ4v) is 3.96. The van der Waals surface area contributed by atoms with Crippen molar-refractivity contribution in [3.05, 3.63) is 33.1 Å². The van der Waals surface area contributed by atoms with Crippen molar-refractivity contribution in [1.29, 1.82) is 0 Å². The number of aryl methyl sites for hydroxylation is 3. The van der Waals surface area contributed by atoms with E-state index < -0.39 is 0 Å². The predicted molar refractivity (Wildman–Crippen MR) is 84.8 cm³/mol. The Bertz CT molecular complexity index is 657. The van der Waals surface area contributed by atoms with Gasteiger partial charge in [0.25, 0.3) is 0 Å². The van der Waals surface area contributed by atoms with Crippen LogP contribution in [0.3, 0.4) is 0 Å². The fourth-order valence-electron chi connectivity index (χ4n) is 3.02. The molecule has 1 amide bonds. The van der Waals surface area contributed by atoms with Crippen LogP contribution in [0.1, 0.15) is 53.0 Å². The number of piperidine rings is 1. The van der Waals surface area contributed by atoms with Gasteiger partial charge in [0.2, 0.25) is 5.91 Å². The van der Waals surface area contributed by atoms with E-state index in [0.717, 1.165) is 53.5 Å². The maximum atomic E-state index is 12.8. The Morgan fingerprint density at radius 3 is 2.86 bits per heavy atom. The molecule has 22 heavy (non-hydrogen) atoms. The first-order valence-electron chi connectivity index (χ1n) is 7.69. The molecule has 1 fully saturated rings. The van der Waals surface area contributed by atoms with Crippen LogP contribution < -0.4 is 0 Å². The van der Waals surface area contributed by atoms with Gasteiger partial charge in [-0.1, -0.05) is 5.16 Å². The van der Waals surface area contributed by atoms with Gasteiger partial charge in [0, 0.05) is 23.2 Å². The molecule has 0 aliphatic carbocycles. The van der Waals surface area contributed by atoms with Gasteiger partial charge in [-0.3, -0.25) is 4.79 Å². The van der Waals surface area contributed by atoms with Gasteiger partial charge in [-0.05, 0) is 40.0 Å². The normalized spacial score (nSPS) is 18.7. The highest BCUT2D eigenvalue weighted by Gasteiger charge is 2.30. The van der Waals surface area contributed by atoms with Gasteiger partial charge in [-0.2, -0.15) is 0 Å². The highest BCUT2D eigenvalue weighted by Crippen LogP contribution is 2.33. The molecule has 0 unspecified atom stereocenters. The maximum absolute atomic E-state index is 12.8. The molecule has 0 spiro atoms. The summed E-state index contributed by atoms with van der Waals surface area (Å²) in [4.78, 5) is 19.4. The van der Waals surface area contributed by atoms with Gasteiger partial charge in [0.05, 0.1) is 18.2 Å². The van der Waals surface area contributed by atoms with Crippen molar-refractivity contribution in [3.63, 3.8) is 0 Å². The van der Waals surface area contributed by atoms with Crippen LogP contribution in [0.25, 0.3) is 0 Å². The third-order valence-corrected chi connectivity index (χ3v) is 5.32. The average molecular weight is 319 g/mol. The van der Waals surface area contributed by atoms with Crippen molar-refractivity contribution in [2.45, 2.75) is 52.5 Å². The lowest BCUT2D eigenvalue weighted by Crippen LogP contribution is -2.39. The molecule has 1 aliphatic heterocycles. The second-order valence-electron chi connectivity index (χ2n) is 5.91. The molecule has 0 N–H and O–H groups in total. The van der Waals surface area contributed by atoms with E-state index in [1.165, 1.54) is 0 Å². The number of carbonyl (C=O) groups is 1. The number of amides is 1. The molecular formula is C16H21N3O2S. The summed E-state index contributed by atoms with van der Waals surface area (Å²) in [6.45, 7) is 6.56. The van der Waals surface area contributed by atoms with Crippen LogP contribution in [-0.4, -0.2) is 27.5 Å². The van der Waals surface area contributed by atoms with Crippen molar-refractivity contribution in [1.82, 2.24) is 15.0 Å². The zero-order valence-electron chi connectivity index (χ0n) is 13.3. The van der Waals surface area contributed by atoms with Crippen LogP contribution in [-0.2, 0) is 11.2 Å². The Kier molecular flexibility index (Phi) is 4.29. The van der Waals surface area contributed by atoms with E-state index in [9.17, 15) is 4.79 Å². The molecule has 1 saturated heterocycles. The van der Waals surface area contributed by atoms with Gasteiger partial charge < -0.3 is 9.42 Å². The Morgan fingerprint density at radius 1 is 1.41 bits per heavy atom. The molecule has 118 valence electrons. The predicted octanol–water partition coefficient (Wildman–Crippen LogP) is 3.35. The molecular weight excluding hydrogens is 298 g/mol. The first-order chi connectivity index (χ1) is 10.6. The van der Waals surface area contributed by atoms with Crippen LogP contribution in [0.5, 0.6) is 0 Å². The molecule has 3 rings (SSSR count). The number of rotatable bonds is 3. The molecule has 0 aromatic carbocycles. The van der Waals surface area contributed by atoms with E-state index in [0.29, 0.717) is 6.42 Å². The number of aromatic nitrogens is 2. The molecule has 1 aliphatic rings. The van der Waals surface area contributed by atoms with Gasteiger partial charge in [0.15, 0.2) is 0 Å². The standard InChI is InChI=1S/C16H21N3O2S/c1-10-9-22-16(17-10)14-6-4-5-7-19(14)15(20)8-13-11(2)18-21-12(13)3/h9,14H,4-8H2,1-3H3/t14-/m0/s1. The lowest BCUT2D eigenvalue weighted by Gasteiger charge is -2.34. The van der Waals surface area contributed by atoms with Crippen molar-refractivity contribution in [2.75, 3.05) is 6.54 Å². The summed E-state index contributed by atoms with van der Waals surface area (Å²) in [5.74, 6) is 0.886. The van der Waals surface area contributed by atoms with E-state index in [4.69, 9.17) is 4.52 Å². The Labute approximate surface area is 134 Å². The Balaban J connectivity index is 1.80. The van der Waals surface area contributed by atoms with E-state index in [2.05, 4.69) is 15.5 Å². The topological polar surface area (TPSA) is 59.2 Å². The number of likely N-dealkylation sites (tertiary alicyclic amines) is 1. The average Bonchev–Trinajstić information content (AvgIpc) is 3.08. The summed E-state index contributed by atoms with van der Waals surface area (Å²) in [6, 6.07) is 0.125. The first-order valence-corrected chi connectivity index (χ1v) is 8.57. The van der Waals surface area contributed by atoms with Crippen LogP contribution in [0.4, 0.5) is 0 Å². The first kappa shape index (κ1) is 15.2. The Hall–Kier alpha value is -1.69. The number of carbonyl (C=O) groups excluding carboxylic acids is 1. The molecule has 0 saturated carbocycles. The number of hydrogen-bond acceptors (Lipinski definition) is 5. The Morgan fingerprint density at radius 2 is 2.23 bits per heavy atom. The minimum Gasteiger partial charge on any atom is -0.361 e. The summed E-state index contributed by atoms with van der Waals surface area (Å²) in [6.07, 6.45) is 3.58. The molecule has 2 aromatic heterocycles. The van der Waals surface area contributed by atoms with Crippen LogP contribution in [0.2, 0.25) is 0 Å². The van der Waals surface area contributed by atoms with Crippen LogP contribution in [0, 0.1) is 20.8 Å². The lowest BCUT2D eigenvalue weighted by molar-refractivity contribution is -0.134. The summed E-state index contributed by atoms with van der Waals surface area (Å²) in [7, 11) is 0. The summed E-state index contributed by atoms with van der Waals surface area (Å²) >= 11 is 1.66. The summed E-state index contributed by atoms with van der Waals surface area (Å²) < 4.78 is 5.17. The lowest BCUT2D eigenvalue weighted by atomic mass is 10.0. The molecule has 3 heterocycles. The van der Waals surface area contributed by atoms with Crippen molar-refractivity contribution in [3.8, 4) is 0 Å². The van der Waals surface area contributed by atoms with E-state index in [1.54, 1.807) is 11.3 Å². The van der Waals surface area contributed by atoms with Gasteiger partial charge >= 0.3 is 0 Å². The third-order valence-electron chi connectivity index (χ3n) is 4.25. The molecule has 2 aromatic rings. The second-order valence-corrected chi connectivity index (χ2v) is 6.80. The number of thiazole rings is 1. The maximum Gasteiger partial charge on any atom is 0.227 e. The summed E-state index contributed by atoms with van der Waals surface area (Å²) in [5.41, 5.74) is 2.76. The van der Waals surface area contributed by atoms with Gasteiger partial charge in [-0.15, -0.1) is 11.3 Å². The molecule has 0 radical (unpaired) electrons. The monoisotopic (exact) mass is 319 g/mol. The van der Waals surface area contributed by atoms with Crippen LogP contribution >= 0.6 is 11.3 Å². The van der Waals surface area contributed by atoms with Gasteiger partial charge in [0.1, 0.15) is 10.8 Å². The summed E-state index contributed by atoms with van der Waals surface area (Å²) in [5, 5.41) is 7.05. The minimum atomic E-state index is 0.125. The molecule has 0 bridgehead atoms. The molecule has 5 nitrogen and oxygen atoms in total. The highest BCUT2D eigenvalue weighted by molar-refractivity contribution is 7.09. The van der Waals surface area contributed by atoms with E-state index in [1.807, 2.05) is 25.7 Å². The van der Waals surface area contributed by atoms with E-state index >= 15 is 0 Å². The smallest absolute Gasteiger partial charge is 0.227 e. The van der Waals surface area contributed by atoms with E-state index in [-0.39, 0.29) is 11.9 Å². The zero-order valence-corrected chi connectivity index (χ0v) is 14.1. The third kappa shape index (κ3) is 2.92. The molecule has 6 heteroatoms. The highest BCUT2D eigenvalue weighted by atomic mass is 32.1. The number of hydrogen-bond donors (Lipinski definition) is 0. The zero-order chi connectivity index (χ0) is 15.7. The molecule has 1 atom stereocenters. The SMILES string of the molecule is Cc1csc([C@@H]2CCCCN2C(=O)Cc2c(C)noc2C)n1. The van der Waals surface area contributed by atoms with Crippen molar-refractivity contribution < 1.29 is 9.32 Å². The number of nitrogens with zero attached hydrogens (tertiary/aromatic N) is 3. The van der Waals surface area contributed by atoms with Gasteiger partial charge in [-0.25, -0.2) is 4.98 Å². The second kappa shape index (κ2) is 6.20. The quantitative estimate of drug-likeness (QED) is 0.870. The fraction of sp³-hybridized carbons (Fsp3) is 0.562. The van der Waals surface area contributed by atoms with Crippen molar-refractivity contribution in [2.24, 2.45) is 0 Å². The minimum absolute atomic E-state index is 0.125. The largest absolute Gasteiger partial charge is 0.361 e. The van der Waals surface area contributed by atoms with Crippen LogP contribution in [0.15, 0.2) is 9.90 Å². The van der Waals surface area contributed by atoms with Crippen molar-refractivity contribution >= 4 is 17.2 Å².